The minimum atomic E-state index is -1.13. The normalized spacial score (nSPS) is 20.5. The Labute approximate surface area is 77.1 Å². The van der Waals surface area contributed by atoms with Gasteiger partial charge in [-0.1, -0.05) is 48.9 Å². The van der Waals surface area contributed by atoms with Gasteiger partial charge in [-0.25, -0.2) is 0 Å². The van der Waals surface area contributed by atoms with Crippen LogP contribution in [0.25, 0.3) is 0 Å². The van der Waals surface area contributed by atoms with Gasteiger partial charge in [0, 0.05) is 0 Å². The molecule has 11 heavy (non-hydrogen) atoms. The van der Waals surface area contributed by atoms with E-state index in [9.17, 15) is 4.79 Å². The van der Waals surface area contributed by atoms with Gasteiger partial charge in [0.25, 0.3) is 0 Å². The van der Waals surface area contributed by atoms with Crippen molar-refractivity contribution in [2.45, 2.75) is 36.4 Å². The predicted molar refractivity (Wildman–Crippen MR) is 47.1 cm³/mol. The van der Waals surface area contributed by atoms with E-state index in [0.29, 0.717) is 18.6 Å². The molecule has 1 nitrogen and oxygen atoms in total. The highest BCUT2D eigenvalue weighted by Crippen LogP contribution is 2.35. The maximum Gasteiger partial charge on any atom is 0.173 e. The predicted octanol–water partition coefficient (Wildman–Crippen LogP) is 2.94. The van der Waals surface area contributed by atoms with Crippen molar-refractivity contribution in [3.05, 3.63) is 0 Å². The number of alkyl halides is 2. The van der Waals surface area contributed by atoms with E-state index in [4.69, 9.17) is 23.2 Å². The first-order valence-electron chi connectivity index (χ1n) is 3.98. The molecular formula is C8H12Cl2O. The average Bonchev–Trinajstić information content (AvgIpc) is 2.39. The third-order valence-corrected chi connectivity index (χ3v) is 2.69. The Morgan fingerprint density at radius 1 is 1.36 bits per heavy atom. The van der Waals surface area contributed by atoms with Crippen LogP contribution in [0.15, 0.2) is 0 Å². The van der Waals surface area contributed by atoms with Crippen LogP contribution in [0.1, 0.15) is 32.1 Å². The summed E-state index contributed by atoms with van der Waals surface area (Å²) in [5.41, 5.74) is 0. The van der Waals surface area contributed by atoms with E-state index >= 15 is 0 Å². The number of halogens is 2. The number of hydrogen-bond donors (Lipinski definition) is 0. The van der Waals surface area contributed by atoms with E-state index < -0.39 is 4.33 Å². The molecule has 0 aromatic carbocycles. The summed E-state index contributed by atoms with van der Waals surface area (Å²) in [4.78, 5) is 10.4. The van der Waals surface area contributed by atoms with Crippen LogP contribution in [0.2, 0.25) is 0 Å². The molecule has 64 valence electrons. The fourth-order valence-corrected chi connectivity index (χ4v) is 2.08. The summed E-state index contributed by atoms with van der Waals surface area (Å²) in [6.07, 6.45) is 6.12. The highest BCUT2D eigenvalue weighted by atomic mass is 35.5. The van der Waals surface area contributed by atoms with Crippen LogP contribution in [-0.2, 0) is 4.79 Å². The first-order valence-corrected chi connectivity index (χ1v) is 4.74. The zero-order valence-electron chi connectivity index (χ0n) is 6.35. The van der Waals surface area contributed by atoms with Gasteiger partial charge in [-0.15, -0.1) is 0 Å². The molecule has 0 aliphatic heterocycles. The molecule has 0 saturated heterocycles. The van der Waals surface area contributed by atoms with Gasteiger partial charge >= 0.3 is 0 Å². The monoisotopic (exact) mass is 194 g/mol. The van der Waals surface area contributed by atoms with Crippen LogP contribution in [-0.4, -0.2) is 10.6 Å². The highest BCUT2D eigenvalue weighted by molar-refractivity contribution is 6.55. The molecule has 0 atom stereocenters. The summed E-state index contributed by atoms with van der Waals surface area (Å²) in [6, 6.07) is 0. The van der Waals surface area contributed by atoms with E-state index in [0.717, 1.165) is 0 Å². The number of carbonyl (C=O) groups excluding carboxylic acids is 1. The van der Waals surface area contributed by atoms with Crippen molar-refractivity contribution in [3.63, 3.8) is 0 Å². The third kappa shape index (κ3) is 3.00. The SMILES string of the molecule is O=CC(Cl)(Cl)CC1CCCC1. The van der Waals surface area contributed by atoms with Gasteiger partial charge < -0.3 is 4.79 Å². The molecule has 1 aliphatic rings. The number of hydrogen-bond acceptors (Lipinski definition) is 1. The van der Waals surface area contributed by atoms with E-state index in [1.54, 1.807) is 0 Å². The summed E-state index contributed by atoms with van der Waals surface area (Å²) in [5.74, 6) is 0.565. The Morgan fingerprint density at radius 2 is 1.91 bits per heavy atom. The lowest BCUT2D eigenvalue weighted by molar-refractivity contribution is -0.108. The van der Waals surface area contributed by atoms with Crippen molar-refractivity contribution >= 4 is 29.5 Å². The first kappa shape index (κ1) is 9.34. The maximum absolute atomic E-state index is 10.4. The molecule has 0 N–H and O–H groups in total. The molecule has 1 aliphatic carbocycles. The van der Waals surface area contributed by atoms with Gasteiger partial charge in [0.2, 0.25) is 0 Å². The quantitative estimate of drug-likeness (QED) is 0.499. The van der Waals surface area contributed by atoms with E-state index in [1.807, 2.05) is 0 Å². The third-order valence-electron chi connectivity index (χ3n) is 2.21. The minimum Gasteiger partial charge on any atom is -0.300 e. The van der Waals surface area contributed by atoms with Crippen molar-refractivity contribution in [3.8, 4) is 0 Å². The lowest BCUT2D eigenvalue weighted by atomic mass is 10.0. The van der Waals surface area contributed by atoms with Crippen LogP contribution in [0.5, 0.6) is 0 Å². The summed E-state index contributed by atoms with van der Waals surface area (Å²) in [6.45, 7) is 0. The van der Waals surface area contributed by atoms with Crippen molar-refractivity contribution in [1.82, 2.24) is 0 Å². The van der Waals surface area contributed by atoms with Gasteiger partial charge in [0.15, 0.2) is 10.6 Å². The van der Waals surface area contributed by atoms with E-state index in [-0.39, 0.29) is 0 Å². The molecule has 3 heteroatoms. The molecule has 0 unspecified atom stereocenters. The van der Waals surface area contributed by atoms with Crippen LogP contribution in [0, 0.1) is 5.92 Å². The zero-order chi connectivity index (χ0) is 8.32. The molecule has 0 spiro atoms. The van der Waals surface area contributed by atoms with Crippen molar-refractivity contribution in [2.24, 2.45) is 5.92 Å². The molecule has 0 radical (unpaired) electrons. The van der Waals surface area contributed by atoms with Crippen LogP contribution in [0.3, 0.4) is 0 Å². The fraction of sp³-hybridized carbons (Fsp3) is 0.875. The molecule has 1 fully saturated rings. The van der Waals surface area contributed by atoms with Gasteiger partial charge in [-0.3, -0.25) is 0 Å². The second-order valence-electron chi connectivity index (χ2n) is 3.23. The van der Waals surface area contributed by atoms with Gasteiger partial charge in [-0.05, 0) is 12.3 Å². The van der Waals surface area contributed by atoms with Gasteiger partial charge in [0.05, 0.1) is 0 Å². The van der Waals surface area contributed by atoms with Crippen LogP contribution < -0.4 is 0 Å². The van der Waals surface area contributed by atoms with E-state index in [2.05, 4.69) is 0 Å². The smallest absolute Gasteiger partial charge is 0.173 e. The lowest BCUT2D eigenvalue weighted by Crippen LogP contribution is -2.18. The Hall–Kier alpha value is 0.250. The summed E-state index contributed by atoms with van der Waals surface area (Å²) in [5, 5.41) is 0. The Bertz CT molecular complexity index is 139. The topological polar surface area (TPSA) is 17.1 Å². The Kier molecular flexibility index (Phi) is 3.20. The van der Waals surface area contributed by atoms with Crippen LogP contribution in [0.4, 0.5) is 0 Å². The Morgan fingerprint density at radius 3 is 2.36 bits per heavy atom. The first-order chi connectivity index (χ1) is 5.14. The van der Waals surface area contributed by atoms with Gasteiger partial charge in [0.1, 0.15) is 0 Å². The second kappa shape index (κ2) is 3.77. The molecule has 0 bridgehead atoms. The average molecular weight is 195 g/mol. The van der Waals surface area contributed by atoms with E-state index in [1.165, 1.54) is 25.7 Å². The molecule has 1 rings (SSSR count). The minimum absolute atomic E-state index is 0.565. The zero-order valence-corrected chi connectivity index (χ0v) is 7.87. The fourth-order valence-electron chi connectivity index (χ4n) is 1.65. The lowest BCUT2D eigenvalue weighted by Gasteiger charge is -2.16. The molecular weight excluding hydrogens is 183 g/mol. The maximum atomic E-state index is 10.4. The summed E-state index contributed by atoms with van der Waals surface area (Å²) in [7, 11) is 0. The summed E-state index contributed by atoms with van der Waals surface area (Å²) >= 11 is 11.4. The Balaban J connectivity index is 2.33. The second-order valence-corrected chi connectivity index (χ2v) is 4.78. The highest BCUT2D eigenvalue weighted by Gasteiger charge is 2.29. The standard InChI is InChI=1S/C8H12Cl2O/c9-8(10,6-11)5-7-3-1-2-4-7/h6-7H,1-5H2. The van der Waals surface area contributed by atoms with Crippen molar-refractivity contribution < 1.29 is 4.79 Å². The van der Waals surface area contributed by atoms with Gasteiger partial charge in [-0.2, -0.15) is 0 Å². The summed E-state index contributed by atoms with van der Waals surface area (Å²) < 4.78 is -1.13. The van der Waals surface area contributed by atoms with Crippen molar-refractivity contribution in [1.29, 1.82) is 0 Å². The molecule has 0 amide bonds. The number of rotatable bonds is 3. The van der Waals surface area contributed by atoms with Crippen molar-refractivity contribution in [2.75, 3.05) is 0 Å². The number of aldehydes is 1. The number of carbonyl (C=O) groups is 1. The molecule has 0 heterocycles. The van der Waals surface area contributed by atoms with Crippen LogP contribution >= 0.6 is 23.2 Å². The largest absolute Gasteiger partial charge is 0.300 e. The molecule has 0 aromatic heterocycles. The molecule has 1 saturated carbocycles. The molecule has 0 aromatic rings.